The van der Waals surface area contributed by atoms with Gasteiger partial charge >= 0.3 is 0 Å². The molecule has 0 radical (unpaired) electrons. The number of nitrogens with zero attached hydrogens (tertiary/aromatic N) is 3. The van der Waals surface area contributed by atoms with E-state index in [0.29, 0.717) is 11.7 Å². The first-order valence-corrected chi connectivity index (χ1v) is 5.24. The van der Waals surface area contributed by atoms with Crippen molar-refractivity contribution in [1.82, 2.24) is 20.4 Å². The molecule has 2 aromatic rings. The van der Waals surface area contributed by atoms with E-state index in [1.807, 2.05) is 19.1 Å². The minimum Gasteiger partial charge on any atom is -0.340 e. The van der Waals surface area contributed by atoms with Gasteiger partial charge in [-0.3, -0.25) is 4.98 Å². The third-order valence-corrected chi connectivity index (χ3v) is 2.23. The van der Waals surface area contributed by atoms with Crippen molar-refractivity contribution in [3.63, 3.8) is 0 Å². The second-order valence-corrected chi connectivity index (χ2v) is 3.45. The van der Waals surface area contributed by atoms with Gasteiger partial charge in [0.05, 0.1) is 6.04 Å². The SMILES string of the molecule is CCNC(c1cccnc1)c1noc(C)n1. The standard InChI is InChI=1S/C11H14N4O/c1-3-13-10(9-5-4-6-12-7-9)11-14-8(2)16-15-11/h4-7,10,13H,3H2,1-2H3. The molecule has 0 fully saturated rings. The second kappa shape index (κ2) is 4.85. The van der Waals surface area contributed by atoms with E-state index < -0.39 is 0 Å². The van der Waals surface area contributed by atoms with E-state index in [2.05, 4.69) is 20.4 Å². The lowest BCUT2D eigenvalue weighted by molar-refractivity contribution is 0.382. The number of hydrogen-bond acceptors (Lipinski definition) is 5. The molecule has 5 nitrogen and oxygen atoms in total. The van der Waals surface area contributed by atoms with Crippen molar-refractivity contribution in [1.29, 1.82) is 0 Å². The lowest BCUT2D eigenvalue weighted by Gasteiger charge is -2.13. The van der Waals surface area contributed by atoms with Gasteiger partial charge in [0, 0.05) is 19.3 Å². The zero-order chi connectivity index (χ0) is 11.4. The number of rotatable bonds is 4. The Hall–Kier alpha value is -1.75. The van der Waals surface area contributed by atoms with E-state index in [1.54, 1.807) is 19.3 Å². The first-order chi connectivity index (χ1) is 7.81. The van der Waals surface area contributed by atoms with Gasteiger partial charge < -0.3 is 9.84 Å². The van der Waals surface area contributed by atoms with Crippen molar-refractivity contribution in [2.45, 2.75) is 19.9 Å². The maximum atomic E-state index is 4.99. The fraction of sp³-hybridized carbons (Fsp3) is 0.364. The fourth-order valence-corrected chi connectivity index (χ4v) is 1.54. The van der Waals surface area contributed by atoms with Gasteiger partial charge in [-0.05, 0) is 18.2 Å². The Morgan fingerprint density at radius 3 is 2.94 bits per heavy atom. The Bertz CT molecular complexity index is 440. The van der Waals surface area contributed by atoms with E-state index in [1.165, 1.54) is 0 Å². The molecule has 0 aliphatic carbocycles. The van der Waals surface area contributed by atoms with Crippen LogP contribution in [-0.4, -0.2) is 21.7 Å². The van der Waals surface area contributed by atoms with E-state index in [9.17, 15) is 0 Å². The summed E-state index contributed by atoms with van der Waals surface area (Å²) in [5, 5.41) is 7.24. The van der Waals surface area contributed by atoms with Crippen LogP contribution in [0, 0.1) is 6.92 Å². The van der Waals surface area contributed by atoms with E-state index in [4.69, 9.17) is 4.52 Å². The summed E-state index contributed by atoms with van der Waals surface area (Å²) in [6.45, 7) is 4.65. The van der Waals surface area contributed by atoms with Gasteiger partial charge in [-0.25, -0.2) is 0 Å². The van der Waals surface area contributed by atoms with Crippen LogP contribution in [0.5, 0.6) is 0 Å². The predicted molar refractivity (Wildman–Crippen MR) is 58.8 cm³/mol. The van der Waals surface area contributed by atoms with Gasteiger partial charge in [0.25, 0.3) is 0 Å². The van der Waals surface area contributed by atoms with Crippen LogP contribution in [0.15, 0.2) is 29.0 Å². The summed E-state index contributed by atoms with van der Waals surface area (Å²) < 4.78 is 4.99. The summed E-state index contributed by atoms with van der Waals surface area (Å²) in [6, 6.07) is 3.83. The van der Waals surface area contributed by atoms with Gasteiger partial charge in [0.1, 0.15) is 0 Å². The van der Waals surface area contributed by atoms with Crippen molar-refractivity contribution in [2.75, 3.05) is 6.54 Å². The fourth-order valence-electron chi connectivity index (χ4n) is 1.54. The minimum atomic E-state index is -0.0591. The number of nitrogens with one attached hydrogen (secondary N) is 1. The molecule has 2 heterocycles. The number of pyridine rings is 1. The number of aryl methyl sites for hydroxylation is 1. The van der Waals surface area contributed by atoms with Crippen molar-refractivity contribution in [3.05, 3.63) is 41.8 Å². The molecule has 1 atom stereocenters. The topological polar surface area (TPSA) is 63.8 Å². The highest BCUT2D eigenvalue weighted by Crippen LogP contribution is 2.18. The Morgan fingerprint density at radius 1 is 1.50 bits per heavy atom. The molecule has 0 aliphatic heterocycles. The highest BCUT2D eigenvalue weighted by atomic mass is 16.5. The molecular formula is C11H14N4O. The molecule has 0 bridgehead atoms. The second-order valence-electron chi connectivity index (χ2n) is 3.45. The first kappa shape index (κ1) is 10.8. The Kier molecular flexibility index (Phi) is 3.26. The van der Waals surface area contributed by atoms with E-state index in [0.717, 1.165) is 12.1 Å². The molecule has 0 saturated heterocycles. The number of aromatic nitrogens is 3. The first-order valence-electron chi connectivity index (χ1n) is 5.24. The van der Waals surface area contributed by atoms with Crippen LogP contribution >= 0.6 is 0 Å². The van der Waals surface area contributed by atoms with E-state index in [-0.39, 0.29) is 6.04 Å². The van der Waals surface area contributed by atoms with Crippen molar-refractivity contribution in [2.24, 2.45) is 0 Å². The smallest absolute Gasteiger partial charge is 0.223 e. The van der Waals surface area contributed by atoms with Crippen LogP contribution in [0.1, 0.15) is 30.2 Å². The quantitative estimate of drug-likeness (QED) is 0.842. The Labute approximate surface area is 93.9 Å². The van der Waals surface area contributed by atoms with Crippen molar-refractivity contribution >= 4 is 0 Å². The molecule has 0 aliphatic rings. The van der Waals surface area contributed by atoms with Gasteiger partial charge in [-0.2, -0.15) is 4.98 Å². The molecule has 1 unspecified atom stereocenters. The van der Waals surface area contributed by atoms with Gasteiger partial charge in [-0.15, -0.1) is 0 Å². The van der Waals surface area contributed by atoms with Gasteiger partial charge in [0.2, 0.25) is 5.89 Å². The highest BCUT2D eigenvalue weighted by molar-refractivity contribution is 5.20. The van der Waals surface area contributed by atoms with Crippen LogP contribution in [-0.2, 0) is 0 Å². The van der Waals surface area contributed by atoms with E-state index >= 15 is 0 Å². The normalized spacial score (nSPS) is 12.6. The summed E-state index contributed by atoms with van der Waals surface area (Å²) in [6.07, 6.45) is 3.55. The minimum absolute atomic E-state index is 0.0591. The molecule has 0 spiro atoms. The molecule has 5 heteroatoms. The number of hydrogen-bond donors (Lipinski definition) is 1. The third-order valence-electron chi connectivity index (χ3n) is 2.23. The molecule has 84 valence electrons. The molecule has 0 saturated carbocycles. The summed E-state index contributed by atoms with van der Waals surface area (Å²) >= 11 is 0. The predicted octanol–water partition coefficient (Wildman–Crippen LogP) is 1.47. The Morgan fingerprint density at radius 2 is 2.38 bits per heavy atom. The zero-order valence-electron chi connectivity index (χ0n) is 9.34. The summed E-state index contributed by atoms with van der Waals surface area (Å²) in [5.41, 5.74) is 1.03. The molecule has 0 aromatic carbocycles. The summed E-state index contributed by atoms with van der Waals surface area (Å²) in [4.78, 5) is 8.33. The summed E-state index contributed by atoms with van der Waals surface area (Å²) in [5.74, 6) is 1.22. The zero-order valence-corrected chi connectivity index (χ0v) is 9.34. The van der Waals surface area contributed by atoms with Gasteiger partial charge in [-0.1, -0.05) is 18.1 Å². The highest BCUT2D eigenvalue weighted by Gasteiger charge is 2.18. The monoisotopic (exact) mass is 218 g/mol. The maximum Gasteiger partial charge on any atom is 0.223 e. The molecule has 2 rings (SSSR count). The van der Waals surface area contributed by atoms with Crippen LogP contribution in [0.25, 0.3) is 0 Å². The molecule has 1 N–H and O–H groups in total. The average molecular weight is 218 g/mol. The lowest BCUT2D eigenvalue weighted by Crippen LogP contribution is -2.23. The average Bonchev–Trinajstić information content (AvgIpc) is 2.74. The maximum absolute atomic E-state index is 4.99. The molecule has 2 aromatic heterocycles. The van der Waals surface area contributed by atoms with Gasteiger partial charge in [0.15, 0.2) is 5.82 Å². The van der Waals surface area contributed by atoms with Crippen LogP contribution in [0.3, 0.4) is 0 Å². The lowest BCUT2D eigenvalue weighted by atomic mass is 10.1. The van der Waals surface area contributed by atoms with Crippen LogP contribution < -0.4 is 5.32 Å². The van der Waals surface area contributed by atoms with Crippen molar-refractivity contribution < 1.29 is 4.52 Å². The van der Waals surface area contributed by atoms with Crippen LogP contribution in [0.2, 0.25) is 0 Å². The Balaban J connectivity index is 2.31. The van der Waals surface area contributed by atoms with Crippen LogP contribution in [0.4, 0.5) is 0 Å². The van der Waals surface area contributed by atoms with Crippen molar-refractivity contribution in [3.8, 4) is 0 Å². The summed E-state index contributed by atoms with van der Waals surface area (Å²) in [7, 11) is 0. The molecule has 16 heavy (non-hydrogen) atoms. The third kappa shape index (κ3) is 2.25. The molecular weight excluding hydrogens is 204 g/mol. The molecule has 0 amide bonds. The largest absolute Gasteiger partial charge is 0.340 e.